The van der Waals surface area contributed by atoms with Crippen molar-refractivity contribution in [1.82, 2.24) is 10.3 Å². The van der Waals surface area contributed by atoms with Gasteiger partial charge >= 0.3 is 5.97 Å². The molecule has 0 unspecified atom stereocenters. The first kappa shape index (κ1) is 19.1. The van der Waals surface area contributed by atoms with Crippen molar-refractivity contribution in [3.05, 3.63) is 62.5 Å². The average molecular weight is 361 g/mol. The van der Waals surface area contributed by atoms with Crippen LogP contribution in [0.15, 0.2) is 24.3 Å². The van der Waals surface area contributed by atoms with E-state index in [2.05, 4.69) is 10.3 Å². The van der Waals surface area contributed by atoms with Crippen molar-refractivity contribution in [1.29, 1.82) is 0 Å². The Balaban J connectivity index is 2.06. The molecule has 1 atom stereocenters. The van der Waals surface area contributed by atoms with E-state index in [4.69, 9.17) is 4.74 Å². The summed E-state index contributed by atoms with van der Waals surface area (Å²) in [4.78, 5) is 37.0. The summed E-state index contributed by atoms with van der Waals surface area (Å²) >= 11 is 0. The molecule has 0 saturated carbocycles. The van der Waals surface area contributed by atoms with E-state index < -0.39 is 22.9 Å². The second-order valence-corrected chi connectivity index (χ2v) is 5.69. The number of hydrogen-bond acceptors (Lipinski definition) is 6. The number of aryl methyl sites for hydroxylation is 1. The zero-order valence-electron chi connectivity index (χ0n) is 14.5. The number of non-ortho nitro benzene ring substituents is 1. The molecule has 138 valence electrons. The van der Waals surface area contributed by atoms with E-state index >= 15 is 0 Å². The number of hydrogen-bond donors (Lipinski definition) is 3. The molecule has 0 fully saturated rings. The lowest BCUT2D eigenvalue weighted by molar-refractivity contribution is -0.384. The van der Waals surface area contributed by atoms with E-state index in [0.717, 1.165) is 0 Å². The van der Waals surface area contributed by atoms with Crippen LogP contribution in [0.2, 0.25) is 0 Å². The maximum atomic E-state index is 12.3. The summed E-state index contributed by atoms with van der Waals surface area (Å²) in [6.45, 7) is 3.18. The van der Waals surface area contributed by atoms with Crippen molar-refractivity contribution in [2.45, 2.75) is 20.0 Å². The predicted molar refractivity (Wildman–Crippen MR) is 92.0 cm³/mol. The molecule has 0 bridgehead atoms. The molecule has 2 rings (SSSR count). The van der Waals surface area contributed by atoms with Gasteiger partial charge in [0, 0.05) is 24.4 Å². The largest absolute Gasteiger partial charge is 0.465 e. The van der Waals surface area contributed by atoms with Gasteiger partial charge in [0.25, 0.3) is 11.6 Å². The van der Waals surface area contributed by atoms with Gasteiger partial charge in [-0.05, 0) is 37.1 Å². The van der Waals surface area contributed by atoms with Crippen molar-refractivity contribution in [3.8, 4) is 0 Å². The third-order valence-electron chi connectivity index (χ3n) is 4.00. The number of nitrogens with zero attached hydrogens (tertiary/aromatic N) is 1. The number of nitro groups is 1. The summed E-state index contributed by atoms with van der Waals surface area (Å²) in [5, 5.41) is 23.3. The number of aromatic amines is 1. The van der Waals surface area contributed by atoms with E-state index in [9.17, 15) is 24.8 Å². The van der Waals surface area contributed by atoms with Crippen molar-refractivity contribution < 1.29 is 24.4 Å². The number of amides is 1. The second-order valence-electron chi connectivity index (χ2n) is 5.69. The maximum Gasteiger partial charge on any atom is 0.339 e. The number of nitro benzene ring substituents is 1. The lowest BCUT2D eigenvalue weighted by Crippen LogP contribution is -2.29. The van der Waals surface area contributed by atoms with Crippen LogP contribution in [-0.4, -0.2) is 40.5 Å². The summed E-state index contributed by atoms with van der Waals surface area (Å²) in [6.07, 6.45) is -1.03. The van der Waals surface area contributed by atoms with E-state index in [1.807, 2.05) is 0 Å². The van der Waals surface area contributed by atoms with E-state index in [-0.39, 0.29) is 17.9 Å². The molecule has 3 N–H and O–H groups in total. The topological polar surface area (TPSA) is 135 Å². The van der Waals surface area contributed by atoms with Crippen LogP contribution in [0.3, 0.4) is 0 Å². The molecular formula is C17H19N3O6. The normalized spacial score (nSPS) is 11.7. The second kappa shape index (κ2) is 7.79. The SMILES string of the molecule is COC(=O)c1c(C)[nH]c(C(=O)NC[C@H](O)c2ccc([N+](=O)[O-])cc2)c1C. The van der Waals surface area contributed by atoms with E-state index in [1.54, 1.807) is 13.8 Å². The van der Waals surface area contributed by atoms with E-state index in [0.29, 0.717) is 22.4 Å². The molecule has 1 heterocycles. The Morgan fingerprint density at radius 3 is 2.46 bits per heavy atom. The van der Waals surface area contributed by atoms with Crippen LogP contribution in [0.4, 0.5) is 5.69 Å². The highest BCUT2D eigenvalue weighted by Gasteiger charge is 2.23. The van der Waals surface area contributed by atoms with Gasteiger partial charge in [-0.15, -0.1) is 0 Å². The summed E-state index contributed by atoms with van der Waals surface area (Å²) in [5.41, 5.74) is 1.82. The molecule has 1 amide bonds. The fourth-order valence-electron chi connectivity index (χ4n) is 2.60. The number of aliphatic hydroxyl groups excluding tert-OH is 1. The number of methoxy groups -OCH3 is 1. The van der Waals surface area contributed by atoms with Gasteiger partial charge in [-0.25, -0.2) is 4.79 Å². The maximum absolute atomic E-state index is 12.3. The molecule has 0 radical (unpaired) electrons. The Hall–Kier alpha value is -3.20. The number of aromatic nitrogens is 1. The third kappa shape index (κ3) is 3.89. The van der Waals surface area contributed by atoms with E-state index in [1.165, 1.54) is 31.4 Å². The van der Waals surface area contributed by atoms with Gasteiger partial charge in [0.15, 0.2) is 0 Å². The predicted octanol–water partition coefficient (Wildman–Crippen LogP) is 1.79. The van der Waals surface area contributed by atoms with Crippen LogP contribution in [0.5, 0.6) is 0 Å². The highest BCUT2D eigenvalue weighted by Crippen LogP contribution is 2.20. The first-order chi connectivity index (χ1) is 12.3. The molecule has 0 aliphatic carbocycles. The fourth-order valence-corrected chi connectivity index (χ4v) is 2.60. The van der Waals surface area contributed by atoms with Gasteiger partial charge in [-0.1, -0.05) is 0 Å². The Morgan fingerprint density at radius 1 is 1.31 bits per heavy atom. The lowest BCUT2D eigenvalue weighted by Gasteiger charge is -2.12. The van der Waals surface area contributed by atoms with Gasteiger partial charge in [0.1, 0.15) is 5.69 Å². The first-order valence-corrected chi connectivity index (χ1v) is 7.74. The van der Waals surface area contributed by atoms with Crippen LogP contribution in [-0.2, 0) is 4.74 Å². The molecule has 0 spiro atoms. The minimum atomic E-state index is -1.03. The molecule has 2 aromatic rings. The van der Waals surface area contributed by atoms with Gasteiger partial charge < -0.3 is 20.1 Å². The third-order valence-corrected chi connectivity index (χ3v) is 4.00. The average Bonchev–Trinajstić information content (AvgIpc) is 2.93. The Labute approximate surface area is 149 Å². The number of nitrogens with one attached hydrogen (secondary N) is 2. The molecule has 1 aromatic carbocycles. The Morgan fingerprint density at radius 2 is 1.92 bits per heavy atom. The van der Waals surface area contributed by atoms with Crippen LogP contribution in [0.1, 0.15) is 43.8 Å². The van der Waals surface area contributed by atoms with Crippen molar-refractivity contribution in [2.24, 2.45) is 0 Å². The highest BCUT2D eigenvalue weighted by molar-refractivity contribution is 6.00. The monoisotopic (exact) mass is 361 g/mol. The number of carbonyl (C=O) groups is 2. The number of rotatable bonds is 6. The van der Waals surface area contributed by atoms with Crippen molar-refractivity contribution in [2.75, 3.05) is 13.7 Å². The molecule has 0 saturated heterocycles. The summed E-state index contributed by atoms with van der Waals surface area (Å²) < 4.78 is 4.69. The molecule has 0 aliphatic rings. The van der Waals surface area contributed by atoms with Crippen LogP contribution in [0, 0.1) is 24.0 Å². The number of H-pyrrole nitrogens is 1. The molecule has 0 aliphatic heterocycles. The quantitative estimate of drug-likeness (QED) is 0.408. The van der Waals surface area contributed by atoms with Crippen LogP contribution < -0.4 is 5.32 Å². The summed E-state index contributed by atoms with van der Waals surface area (Å²) in [5.74, 6) is -1.03. The zero-order chi connectivity index (χ0) is 19.4. The number of ether oxygens (including phenoxy) is 1. The minimum absolute atomic E-state index is 0.0854. The van der Waals surface area contributed by atoms with Gasteiger partial charge in [0.2, 0.25) is 0 Å². The van der Waals surface area contributed by atoms with Gasteiger partial charge in [0.05, 0.1) is 23.7 Å². The summed E-state index contributed by atoms with van der Waals surface area (Å²) in [7, 11) is 1.26. The molecule has 9 nitrogen and oxygen atoms in total. The zero-order valence-corrected chi connectivity index (χ0v) is 14.5. The number of carbonyl (C=O) groups excluding carboxylic acids is 2. The lowest BCUT2D eigenvalue weighted by atomic mass is 10.1. The molecule has 1 aromatic heterocycles. The number of benzene rings is 1. The number of esters is 1. The molecular weight excluding hydrogens is 342 g/mol. The van der Waals surface area contributed by atoms with Crippen LogP contribution >= 0.6 is 0 Å². The minimum Gasteiger partial charge on any atom is -0.465 e. The first-order valence-electron chi connectivity index (χ1n) is 7.74. The van der Waals surface area contributed by atoms with Crippen molar-refractivity contribution in [3.63, 3.8) is 0 Å². The molecule has 9 heteroatoms. The standard InChI is InChI=1S/C17H19N3O6/c1-9-14(17(23)26-3)10(2)19-15(9)16(22)18-8-13(21)11-4-6-12(7-5-11)20(24)25/h4-7,13,19,21H,8H2,1-3H3,(H,18,22)/t13-/m0/s1. The van der Waals surface area contributed by atoms with Crippen molar-refractivity contribution >= 4 is 17.6 Å². The van der Waals surface area contributed by atoms with Gasteiger partial charge in [-0.3, -0.25) is 14.9 Å². The van der Waals surface area contributed by atoms with Crippen LogP contribution in [0.25, 0.3) is 0 Å². The smallest absolute Gasteiger partial charge is 0.339 e. The Kier molecular flexibility index (Phi) is 5.73. The fraction of sp³-hybridized carbons (Fsp3) is 0.294. The highest BCUT2D eigenvalue weighted by atomic mass is 16.6. The van der Waals surface area contributed by atoms with Gasteiger partial charge in [-0.2, -0.15) is 0 Å². The number of aliphatic hydroxyl groups is 1. The Bertz CT molecular complexity index is 841. The molecule has 26 heavy (non-hydrogen) atoms. The summed E-state index contributed by atoms with van der Waals surface area (Å²) in [6, 6.07) is 5.41.